The van der Waals surface area contributed by atoms with E-state index in [1.54, 1.807) is 12.1 Å². The second kappa shape index (κ2) is 6.22. The molecule has 2 nitrogen and oxygen atoms in total. The Labute approximate surface area is 107 Å². The van der Waals surface area contributed by atoms with E-state index in [4.69, 9.17) is 11.6 Å². The van der Waals surface area contributed by atoms with Crippen LogP contribution in [0.3, 0.4) is 0 Å². The lowest BCUT2D eigenvalue weighted by Gasteiger charge is -2.23. The van der Waals surface area contributed by atoms with Crippen molar-refractivity contribution in [2.75, 3.05) is 18.4 Å². The molecule has 0 aromatic heterocycles. The highest BCUT2D eigenvalue weighted by Gasteiger charge is 2.12. The van der Waals surface area contributed by atoms with Crippen LogP contribution in [0.25, 0.3) is 0 Å². The summed E-state index contributed by atoms with van der Waals surface area (Å²) in [5.74, 6) is -0.244. The highest BCUT2D eigenvalue weighted by Crippen LogP contribution is 2.19. The van der Waals surface area contributed by atoms with Crippen LogP contribution in [0, 0.1) is 5.82 Å². The number of hydrogen-bond acceptors (Lipinski definition) is 2. The summed E-state index contributed by atoms with van der Waals surface area (Å²) in [6.45, 7) is 1.88. The zero-order chi connectivity index (χ0) is 12.1. The van der Waals surface area contributed by atoms with E-state index in [2.05, 4.69) is 10.6 Å². The molecular weight excluding hydrogens is 239 g/mol. The Morgan fingerprint density at radius 3 is 3.06 bits per heavy atom. The predicted molar refractivity (Wildman–Crippen MR) is 70.2 cm³/mol. The van der Waals surface area contributed by atoms with E-state index < -0.39 is 0 Å². The fourth-order valence-electron chi connectivity index (χ4n) is 2.18. The quantitative estimate of drug-likeness (QED) is 0.863. The molecular formula is C13H18ClFN2. The standard InChI is InChI=1S/C13H18ClFN2/c14-10-4-5-12(15)13(9-10)17-8-6-11-3-1-2-7-16-11/h4-5,9,11,16-17H,1-3,6-8H2. The topological polar surface area (TPSA) is 24.1 Å². The van der Waals surface area contributed by atoms with Gasteiger partial charge in [-0.05, 0) is 44.0 Å². The third-order valence-corrected chi connectivity index (χ3v) is 3.38. The van der Waals surface area contributed by atoms with Crippen LogP contribution in [0.4, 0.5) is 10.1 Å². The molecule has 1 aliphatic rings. The van der Waals surface area contributed by atoms with Crippen LogP contribution in [0.2, 0.25) is 5.02 Å². The third kappa shape index (κ3) is 3.86. The molecule has 1 fully saturated rings. The Kier molecular flexibility index (Phi) is 4.63. The molecule has 0 radical (unpaired) electrons. The zero-order valence-electron chi connectivity index (χ0n) is 9.81. The first kappa shape index (κ1) is 12.7. The molecule has 1 saturated heterocycles. The molecule has 0 spiro atoms. The first-order chi connectivity index (χ1) is 8.25. The zero-order valence-corrected chi connectivity index (χ0v) is 10.6. The summed E-state index contributed by atoms with van der Waals surface area (Å²) in [5.41, 5.74) is 0.494. The lowest BCUT2D eigenvalue weighted by Crippen LogP contribution is -2.35. The third-order valence-electron chi connectivity index (χ3n) is 3.15. The van der Waals surface area contributed by atoms with Gasteiger partial charge in [-0.25, -0.2) is 4.39 Å². The first-order valence-electron chi connectivity index (χ1n) is 6.18. The minimum atomic E-state index is -0.244. The van der Waals surface area contributed by atoms with E-state index in [0.717, 1.165) is 19.5 Å². The molecule has 1 atom stereocenters. The second-order valence-corrected chi connectivity index (χ2v) is 4.92. The van der Waals surface area contributed by atoms with Crippen LogP contribution in [-0.2, 0) is 0 Å². The smallest absolute Gasteiger partial charge is 0.146 e. The van der Waals surface area contributed by atoms with Crippen LogP contribution >= 0.6 is 11.6 Å². The largest absolute Gasteiger partial charge is 0.383 e. The average Bonchev–Trinajstić information content (AvgIpc) is 2.35. The minimum absolute atomic E-state index is 0.244. The minimum Gasteiger partial charge on any atom is -0.383 e. The molecule has 1 aromatic rings. The fourth-order valence-corrected chi connectivity index (χ4v) is 2.36. The van der Waals surface area contributed by atoms with Gasteiger partial charge in [0.25, 0.3) is 0 Å². The van der Waals surface area contributed by atoms with Crippen molar-refractivity contribution >= 4 is 17.3 Å². The van der Waals surface area contributed by atoms with E-state index in [1.807, 2.05) is 0 Å². The van der Waals surface area contributed by atoms with Crippen LogP contribution in [0.1, 0.15) is 25.7 Å². The van der Waals surface area contributed by atoms with Gasteiger partial charge in [-0.15, -0.1) is 0 Å². The van der Waals surface area contributed by atoms with Gasteiger partial charge in [0.15, 0.2) is 0 Å². The van der Waals surface area contributed by atoms with Gasteiger partial charge >= 0.3 is 0 Å². The van der Waals surface area contributed by atoms with Crippen LogP contribution < -0.4 is 10.6 Å². The number of rotatable bonds is 4. The van der Waals surface area contributed by atoms with Crippen LogP contribution in [0.15, 0.2) is 18.2 Å². The van der Waals surface area contributed by atoms with E-state index in [0.29, 0.717) is 16.8 Å². The Morgan fingerprint density at radius 1 is 1.41 bits per heavy atom. The highest BCUT2D eigenvalue weighted by atomic mass is 35.5. The Bertz CT molecular complexity index is 364. The lowest BCUT2D eigenvalue weighted by molar-refractivity contribution is 0.388. The predicted octanol–water partition coefficient (Wildman–Crippen LogP) is 3.42. The van der Waals surface area contributed by atoms with Crippen molar-refractivity contribution in [3.05, 3.63) is 29.0 Å². The van der Waals surface area contributed by atoms with E-state index in [1.165, 1.54) is 25.3 Å². The summed E-state index contributed by atoms with van der Waals surface area (Å²) in [4.78, 5) is 0. The number of nitrogens with one attached hydrogen (secondary N) is 2. The summed E-state index contributed by atoms with van der Waals surface area (Å²) < 4.78 is 13.4. The number of piperidine rings is 1. The Balaban J connectivity index is 1.79. The van der Waals surface area contributed by atoms with Crippen molar-refractivity contribution in [1.82, 2.24) is 5.32 Å². The average molecular weight is 257 g/mol. The van der Waals surface area contributed by atoms with Gasteiger partial charge in [0.05, 0.1) is 5.69 Å². The van der Waals surface area contributed by atoms with E-state index >= 15 is 0 Å². The molecule has 0 bridgehead atoms. The van der Waals surface area contributed by atoms with Gasteiger partial charge < -0.3 is 10.6 Å². The van der Waals surface area contributed by atoms with Gasteiger partial charge in [-0.3, -0.25) is 0 Å². The van der Waals surface area contributed by atoms with E-state index in [9.17, 15) is 4.39 Å². The maximum Gasteiger partial charge on any atom is 0.146 e. The summed E-state index contributed by atoms with van der Waals surface area (Å²) in [6, 6.07) is 5.15. The number of halogens is 2. The molecule has 2 N–H and O–H groups in total. The molecule has 1 unspecified atom stereocenters. The van der Waals surface area contributed by atoms with Crippen molar-refractivity contribution in [3.63, 3.8) is 0 Å². The van der Waals surface area contributed by atoms with Crippen molar-refractivity contribution in [1.29, 1.82) is 0 Å². The maximum atomic E-state index is 13.4. The SMILES string of the molecule is Fc1ccc(Cl)cc1NCCC1CCCCN1. The summed E-state index contributed by atoms with van der Waals surface area (Å²) in [5, 5.41) is 7.13. The van der Waals surface area contributed by atoms with Gasteiger partial charge in [0.1, 0.15) is 5.82 Å². The normalized spacial score (nSPS) is 20.2. The molecule has 2 rings (SSSR count). The highest BCUT2D eigenvalue weighted by molar-refractivity contribution is 6.30. The van der Waals surface area contributed by atoms with Gasteiger partial charge in [0.2, 0.25) is 0 Å². The van der Waals surface area contributed by atoms with E-state index in [-0.39, 0.29) is 5.82 Å². The molecule has 4 heteroatoms. The summed E-state index contributed by atoms with van der Waals surface area (Å²) >= 11 is 5.83. The number of hydrogen-bond donors (Lipinski definition) is 2. The van der Waals surface area contributed by atoms with Crippen molar-refractivity contribution in [3.8, 4) is 0 Å². The molecule has 94 valence electrons. The summed E-state index contributed by atoms with van der Waals surface area (Å²) in [6.07, 6.45) is 4.81. The van der Waals surface area contributed by atoms with Crippen LogP contribution in [0.5, 0.6) is 0 Å². The fraction of sp³-hybridized carbons (Fsp3) is 0.538. The van der Waals surface area contributed by atoms with Gasteiger partial charge in [-0.2, -0.15) is 0 Å². The molecule has 1 aromatic carbocycles. The molecule has 0 amide bonds. The molecule has 17 heavy (non-hydrogen) atoms. The number of anilines is 1. The molecule has 0 saturated carbocycles. The molecule has 0 aliphatic carbocycles. The maximum absolute atomic E-state index is 13.4. The summed E-state index contributed by atoms with van der Waals surface area (Å²) in [7, 11) is 0. The second-order valence-electron chi connectivity index (χ2n) is 4.49. The lowest BCUT2D eigenvalue weighted by atomic mass is 10.0. The van der Waals surface area contributed by atoms with Crippen molar-refractivity contribution < 1.29 is 4.39 Å². The first-order valence-corrected chi connectivity index (χ1v) is 6.56. The molecule has 1 heterocycles. The van der Waals surface area contributed by atoms with Crippen molar-refractivity contribution in [2.45, 2.75) is 31.7 Å². The van der Waals surface area contributed by atoms with Gasteiger partial charge in [0, 0.05) is 17.6 Å². The van der Waals surface area contributed by atoms with Crippen molar-refractivity contribution in [2.24, 2.45) is 0 Å². The molecule has 1 aliphatic heterocycles. The van der Waals surface area contributed by atoms with Gasteiger partial charge in [-0.1, -0.05) is 18.0 Å². The monoisotopic (exact) mass is 256 g/mol. The Morgan fingerprint density at radius 2 is 2.29 bits per heavy atom. The number of benzene rings is 1. The Hall–Kier alpha value is -0.800. The van der Waals surface area contributed by atoms with Crippen LogP contribution in [-0.4, -0.2) is 19.1 Å².